The summed E-state index contributed by atoms with van der Waals surface area (Å²) in [7, 11) is 3.27. The van der Waals surface area contributed by atoms with Gasteiger partial charge in [0.25, 0.3) is 5.91 Å². The highest BCUT2D eigenvalue weighted by atomic mass is 16.5. The lowest BCUT2D eigenvalue weighted by molar-refractivity contribution is 0.0953. The highest BCUT2D eigenvalue weighted by Crippen LogP contribution is 2.27. The number of likely N-dealkylation sites (tertiary alicyclic amines) is 1. The van der Waals surface area contributed by atoms with Crippen LogP contribution in [-0.4, -0.2) is 44.7 Å². The van der Waals surface area contributed by atoms with Gasteiger partial charge in [-0.1, -0.05) is 24.6 Å². The lowest BCUT2D eigenvalue weighted by Gasteiger charge is -2.26. The molecule has 2 aromatic carbocycles. The molecule has 1 heterocycles. The summed E-state index contributed by atoms with van der Waals surface area (Å²) in [5.74, 6) is 1.45. The first kappa shape index (κ1) is 21.2. The van der Waals surface area contributed by atoms with E-state index in [1.165, 1.54) is 43.5 Å². The van der Waals surface area contributed by atoms with Gasteiger partial charge in [0.1, 0.15) is 0 Å². The van der Waals surface area contributed by atoms with Crippen molar-refractivity contribution in [2.75, 3.05) is 33.9 Å². The van der Waals surface area contributed by atoms with Crippen molar-refractivity contribution in [3.63, 3.8) is 0 Å². The molecule has 0 atom stereocenters. The highest BCUT2D eigenvalue weighted by Gasteiger charge is 2.11. The largest absolute Gasteiger partial charge is 0.493 e. The standard InChI is InChI=1S/C24H32N2O3/c1-28-22-13-10-19(17-23(22)29-2)7-6-14-25-24(27)21-11-8-20(9-12-21)18-26-15-4-3-5-16-26/h8-13,17H,3-7,14-16,18H2,1-2H3,(H,25,27). The van der Waals surface area contributed by atoms with Gasteiger partial charge in [-0.3, -0.25) is 9.69 Å². The van der Waals surface area contributed by atoms with Gasteiger partial charge >= 0.3 is 0 Å². The van der Waals surface area contributed by atoms with Crippen molar-refractivity contribution in [3.05, 3.63) is 59.2 Å². The molecule has 0 bridgehead atoms. The van der Waals surface area contributed by atoms with Crippen LogP contribution < -0.4 is 14.8 Å². The Bertz CT molecular complexity index is 783. The number of amides is 1. The van der Waals surface area contributed by atoms with Gasteiger partial charge in [0, 0.05) is 18.7 Å². The third kappa shape index (κ3) is 6.23. The van der Waals surface area contributed by atoms with Crippen molar-refractivity contribution in [1.82, 2.24) is 10.2 Å². The molecule has 5 heteroatoms. The Balaban J connectivity index is 1.42. The van der Waals surface area contributed by atoms with Gasteiger partial charge < -0.3 is 14.8 Å². The Morgan fingerprint density at radius 2 is 1.62 bits per heavy atom. The predicted octanol–water partition coefficient (Wildman–Crippen LogP) is 4.05. The third-order valence-corrected chi connectivity index (χ3v) is 5.45. The second kappa shape index (κ2) is 10.9. The number of benzene rings is 2. The number of carbonyl (C=O) groups excluding carboxylic acids is 1. The minimum absolute atomic E-state index is 0.0122. The monoisotopic (exact) mass is 396 g/mol. The van der Waals surface area contributed by atoms with Gasteiger partial charge in [0.15, 0.2) is 11.5 Å². The molecule has 2 aromatic rings. The van der Waals surface area contributed by atoms with Crippen LogP contribution in [0.4, 0.5) is 0 Å². The first-order valence-corrected chi connectivity index (χ1v) is 10.5. The van der Waals surface area contributed by atoms with Crippen LogP contribution in [0, 0.1) is 0 Å². The summed E-state index contributed by atoms with van der Waals surface area (Å²) < 4.78 is 10.6. The zero-order valence-electron chi connectivity index (χ0n) is 17.6. The number of carbonyl (C=O) groups is 1. The Morgan fingerprint density at radius 1 is 0.931 bits per heavy atom. The molecule has 29 heavy (non-hydrogen) atoms. The van der Waals surface area contributed by atoms with E-state index in [0.29, 0.717) is 6.54 Å². The van der Waals surface area contributed by atoms with Crippen LogP contribution >= 0.6 is 0 Å². The number of hydrogen-bond acceptors (Lipinski definition) is 4. The summed E-state index contributed by atoms with van der Waals surface area (Å²) in [5, 5.41) is 3.02. The van der Waals surface area contributed by atoms with Gasteiger partial charge in [0.05, 0.1) is 14.2 Å². The van der Waals surface area contributed by atoms with Crippen LogP contribution in [0.1, 0.15) is 47.2 Å². The van der Waals surface area contributed by atoms with Crippen molar-refractivity contribution < 1.29 is 14.3 Å². The molecule has 0 unspecified atom stereocenters. The molecule has 1 fully saturated rings. The maximum Gasteiger partial charge on any atom is 0.251 e. The van der Waals surface area contributed by atoms with Gasteiger partial charge in [0.2, 0.25) is 0 Å². The van der Waals surface area contributed by atoms with Crippen molar-refractivity contribution >= 4 is 5.91 Å². The van der Waals surface area contributed by atoms with Crippen LogP contribution in [0.3, 0.4) is 0 Å². The molecule has 156 valence electrons. The summed E-state index contributed by atoms with van der Waals surface area (Å²) >= 11 is 0. The second-order valence-corrected chi connectivity index (χ2v) is 7.58. The molecule has 5 nitrogen and oxygen atoms in total. The van der Waals surface area contributed by atoms with Crippen LogP contribution in [0.15, 0.2) is 42.5 Å². The summed E-state index contributed by atoms with van der Waals surface area (Å²) in [6.07, 6.45) is 5.68. The molecule has 0 radical (unpaired) electrons. The smallest absolute Gasteiger partial charge is 0.251 e. The zero-order chi connectivity index (χ0) is 20.5. The highest BCUT2D eigenvalue weighted by molar-refractivity contribution is 5.94. The SMILES string of the molecule is COc1ccc(CCCNC(=O)c2ccc(CN3CCCCC3)cc2)cc1OC. The molecule has 0 aromatic heterocycles. The van der Waals surface area contributed by atoms with Crippen LogP contribution in [-0.2, 0) is 13.0 Å². The molecule has 1 amide bonds. The minimum atomic E-state index is -0.0122. The summed E-state index contributed by atoms with van der Waals surface area (Å²) in [6, 6.07) is 14.0. The van der Waals surface area contributed by atoms with E-state index in [4.69, 9.17) is 9.47 Å². The van der Waals surface area contributed by atoms with Crippen molar-refractivity contribution in [3.8, 4) is 11.5 Å². The number of rotatable bonds is 9. The lowest BCUT2D eigenvalue weighted by Crippen LogP contribution is -2.29. The first-order chi connectivity index (χ1) is 14.2. The number of hydrogen-bond donors (Lipinski definition) is 1. The molecule has 1 aliphatic rings. The fraction of sp³-hybridized carbons (Fsp3) is 0.458. The number of methoxy groups -OCH3 is 2. The molecule has 1 N–H and O–H groups in total. The zero-order valence-corrected chi connectivity index (χ0v) is 17.6. The number of ether oxygens (including phenoxy) is 2. The topological polar surface area (TPSA) is 50.8 Å². The number of nitrogens with one attached hydrogen (secondary N) is 1. The van der Waals surface area contributed by atoms with Crippen LogP contribution in [0.5, 0.6) is 11.5 Å². The molecule has 0 spiro atoms. The van der Waals surface area contributed by atoms with E-state index in [1.54, 1.807) is 14.2 Å². The Hall–Kier alpha value is -2.53. The van der Waals surface area contributed by atoms with Gasteiger partial charge in [-0.25, -0.2) is 0 Å². The van der Waals surface area contributed by atoms with Crippen LogP contribution in [0.25, 0.3) is 0 Å². The normalized spacial score (nSPS) is 14.4. The lowest BCUT2D eigenvalue weighted by atomic mass is 10.1. The summed E-state index contributed by atoms with van der Waals surface area (Å²) in [5.41, 5.74) is 3.16. The molecule has 3 rings (SSSR count). The predicted molar refractivity (Wildman–Crippen MR) is 116 cm³/mol. The number of nitrogens with zero attached hydrogens (tertiary/aromatic N) is 1. The van der Waals surface area contributed by atoms with E-state index in [2.05, 4.69) is 22.3 Å². The first-order valence-electron chi connectivity index (χ1n) is 10.5. The van der Waals surface area contributed by atoms with Crippen LogP contribution in [0.2, 0.25) is 0 Å². The number of piperidine rings is 1. The summed E-state index contributed by atoms with van der Waals surface area (Å²) in [6.45, 7) is 3.99. The molecule has 1 saturated heterocycles. The van der Waals surface area contributed by atoms with E-state index < -0.39 is 0 Å². The Labute approximate surface area is 174 Å². The number of aryl methyl sites for hydroxylation is 1. The van der Waals surface area contributed by atoms with E-state index in [-0.39, 0.29) is 5.91 Å². The fourth-order valence-corrected chi connectivity index (χ4v) is 3.77. The maximum atomic E-state index is 12.4. The van der Waals surface area contributed by atoms with Crippen molar-refractivity contribution in [2.24, 2.45) is 0 Å². The average Bonchev–Trinajstić information content (AvgIpc) is 2.77. The van der Waals surface area contributed by atoms with E-state index in [9.17, 15) is 4.79 Å². The average molecular weight is 397 g/mol. The molecular formula is C24H32N2O3. The van der Waals surface area contributed by atoms with Gasteiger partial charge in [-0.2, -0.15) is 0 Å². The van der Waals surface area contributed by atoms with E-state index in [1.807, 2.05) is 30.3 Å². The van der Waals surface area contributed by atoms with Crippen molar-refractivity contribution in [1.29, 1.82) is 0 Å². The molecular weight excluding hydrogens is 364 g/mol. The van der Waals surface area contributed by atoms with Gasteiger partial charge in [-0.05, 0) is 74.2 Å². The second-order valence-electron chi connectivity index (χ2n) is 7.58. The van der Waals surface area contributed by atoms with E-state index in [0.717, 1.165) is 36.4 Å². The summed E-state index contributed by atoms with van der Waals surface area (Å²) in [4.78, 5) is 14.9. The van der Waals surface area contributed by atoms with Gasteiger partial charge in [-0.15, -0.1) is 0 Å². The molecule has 0 saturated carbocycles. The molecule has 1 aliphatic heterocycles. The minimum Gasteiger partial charge on any atom is -0.493 e. The Morgan fingerprint density at radius 3 is 2.31 bits per heavy atom. The molecule has 0 aliphatic carbocycles. The Kier molecular flexibility index (Phi) is 7.94. The maximum absolute atomic E-state index is 12.4. The quantitative estimate of drug-likeness (QED) is 0.650. The van der Waals surface area contributed by atoms with E-state index >= 15 is 0 Å². The third-order valence-electron chi connectivity index (χ3n) is 5.45. The van der Waals surface area contributed by atoms with Crippen molar-refractivity contribution in [2.45, 2.75) is 38.6 Å². The fourth-order valence-electron chi connectivity index (χ4n) is 3.77.